The summed E-state index contributed by atoms with van der Waals surface area (Å²) in [6, 6.07) is 4.40. The maximum Gasteiger partial charge on any atom is 0.426 e. The Labute approximate surface area is 146 Å². The van der Waals surface area contributed by atoms with Crippen LogP contribution in [0.2, 0.25) is 0 Å². The van der Waals surface area contributed by atoms with Gasteiger partial charge in [0.05, 0.1) is 10.6 Å². The molecule has 0 spiro atoms. The number of hydrogen-bond acceptors (Lipinski definition) is 5. The van der Waals surface area contributed by atoms with E-state index in [1.54, 1.807) is 5.32 Å². The first-order valence-corrected chi connectivity index (χ1v) is 8.54. The minimum Gasteiger partial charge on any atom is -0.373 e. The molecular weight excluding hydrogens is 389 g/mol. The number of para-hydroxylation sites is 1. The fourth-order valence-corrected chi connectivity index (χ4v) is 3.27. The van der Waals surface area contributed by atoms with Crippen LogP contribution in [0, 0.1) is 0 Å². The van der Waals surface area contributed by atoms with Gasteiger partial charge in [-0.1, -0.05) is 23.7 Å². The Bertz CT molecular complexity index is 780. The third kappa shape index (κ3) is 4.22. The van der Waals surface area contributed by atoms with Gasteiger partial charge in [0.25, 0.3) is 11.8 Å². The number of carbonyl (C=O) groups is 2. The minimum absolute atomic E-state index is 0.217. The first-order valence-electron chi connectivity index (χ1n) is 6.56. The average molecular weight is 403 g/mol. The monoisotopic (exact) mass is 402 g/mol. The lowest BCUT2D eigenvalue weighted by Gasteiger charge is -2.25. The summed E-state index contributed by atoms with van der Waals surface area (Å²) in [7, 11) is -3.39. The average Bonchev–Trinajstić information content (AvgIpc) is 2.52. The predicted molar refractivity (Wildman–Crippen MR) is 82.6 cm³/mol. The van der Waals surface area contributed by atoms with E-state index in [-0.39, 0.29) is 6.92 Å². The molecule has 0 heterocycles. The number of anilines is 1. The lowest BCUT2D eigenvalue weighted by atomic mass is 10.1. The quantitative estimate of drug-likeness (QED) is 0.637. The molecule has 2 amide bonds. The van der Waals surface area contributed by atoms with E-state index in [2.05, 4.69) is 0 Å². The smallest absolute Gasteiger partial charge is 0.373 e. The van der Waals surface area contributed by atoms with E-state index in [1.165, 1.54) is 12.1 Å². The van der Waals surface area contributed by atoms with Crippen LogP contribution in [-0.4, -0.2) is 48.9 Å². The number of alkyl halides is 4. The summed E-state index contributed by atoms with van der Waals surface area (Å²) in [6.07, 6.45) is -5.29. The second-order valence-electron chi connectivity index (χ2n) is 5.00. The van der Waals surface area contributed by atoms with E-state index in [9.17, 15) is 36.3 Å². The van der Waals surface area contributed by atoms with Crippen LogP contribution in [0.5, 0.6) is 0 Å². The van der Waals surface area contributed by atoms with E-state index in [0.717, 1.165) is 19.2 Å². The van der Waals surface area contributed by atoms with Crippen molar-refractivity contribution in [2.24, 2.45) is 0 Å². The van der Waals surface area contributed by atoms with Crippen LogP contribution in [-0.2, 0) is 19.4 Å². The van der Waals surface area contributed by atoms with Gasteiger partial charge in [-0.15, -0.1) is 0 Å². The van der Waals surface area contributed by atoms with Gasteiger partial charge in [0, 0.05) is 7.05 Å². The van der Waals surface area contributed by atoms with Crippen molar-refractivity contribution in [3.8, 4) is 0 Å². The molecule has 7 nitrogen and oxygen atoms in total. The molecule has 0 aliphatic heterocycles. The van der Waals surface area contributed by atoms with Crippen LogP contribution in [0.3, 0.4) is 0 Å². The van der Waals surface area contributed by atoms with Crippen LogP contribution in [0.1, 0.15) is 6.92 Å². The summed E-state index contributed by atoms with van der Waals surface area (Å²) in [4.78, 5) is 22.5. The SMILES string of the molecule is CNC(=O)[C@@H](Cl)S(=O)(=O)c1ccccc1NC(=O)[C@@](C)(O)C(F)(F)F. The van der Waals surface area contributed by atoms with Crippen molar-refractivity contribution in [3.63, 3.8) is 0 Å². The molecule has 0 aromatic heterocycles. The maximum absolute atomic E-state index is 12.7. The summed E-state index contributed by atoms with van der Waals surface area (Å²) in [5, 5.41) is 13.0. The molecule has 140 valence electrons. The van der Waals surface area contributed by atoms with Gasteiger partial charge in [0.2, 0.25) is 20.1 Å². The molecule has 0 aliphatic carbocycles. The Morgan fingerprint density at radius 3 is 2.24 bits per heavy atom. The van der Waals surface area contributed by atoms with Crippen molar-refractivity contribution in [2.45, 2.75) is 28.3 Å². The molecule has 1 rings (SSSR count). The van der Waals surface area contributed by atoms with Gasteiger partial charge in [-0.25, -0.2) is 8.42 Å². The lowest BCUT2D eigenvalue weighted by Crippen LogP contribution is -2.52. The number of benzene rings is 1. The van der Waals surface area contributed by atoms with E-state index in [1.807, 2.05) is 5.32 Å². The number of nitrogens with one attached hydrogen (secondary N) is 2. The zero-order valence-electron chi connectivity index (χ0n) is 12.9. The largest absolute Gasteiger partial charge is 0.426 e. The minimum atomic E-state index is -5.29. The summed E-state index contributed by atoms with van der Waals surface area (Å²) in [5.41, 5.74) is -4.32. The standard InChI is InChI=1S/C13H14ClF3N2O5S/c1-12(22,13(15,16)17)11(21)19-7-5-3-4-6-8(7)25(23,24)9(14)10(20)18-2/h3-6,9,22H,1-2H3,(H,18,20)(H,19,21)/t9-,12+/m0/s1. The number of amides is 2. The molecular formula is C13H14ClF3N2O5S. The summed E-state index contributed by atoms with van der Waals surface area (Å²) < 4.78 is 60.7. The normalized spacial score (nSPS) is 15.8. The maximum atomic E-state index is 12.7. The predicted octanol–water partition coefficient (Wildman–Crippen LogP) is 1.02. The molecule has 25 heavy (non-hydrogen) atoms. The molecule has 0 aliphatic rings. The Morgan fingerprint density at radius 2 is 1.76 bits per heavy atom. The highest BCUT2D eigenvalue weighted by atomic mass is 35.5. The van der Waals surface area contributed by atoms with Crippen molar-refractivity contribution >= 4 is 38.9 Å². The second kappa shape index (κ2) is 7.18. The van der Waals surface area contributed by atoms with Crippen molar-refractivity contribution in [2.75, 3.05) is 12.4 Å². The van der Waals surface area contributed by atoms with Crippen LogP contribution in [0.4, 0.5) is 18.9 Å². The number of hydrogen-bond donors (Lipinski definition) is 3. The number of rotatable bonds is 5. The molecule has 0 unspecified atom stereocenters. The number of carbonyl (C=O) groups excluding carboxylic acids is 2. The highest BCUT2D eigenvalue weighted by molar-refractivity contribution is 7.94. The molecule has 1 aromatic carbocycles. The van der Waals surface area contributed by atoms with Crippen molar-refractivity contribution < 1.29 is 36.3 Å². The van der Waals surface area contributed by atoms with Gasteiger partial charge in [-0.3, -0.25) is 9.59 Å². The lowest BCUT2D eigenvalue weighted by molar-refractivity contribution is -0.242. The second-order valence-corrected chi connectivity index (χ2v) is 7.69. The van der Waals surface area contributed by atoms with E-state index >= 15 is 0 Å². The molecule has 12 heteroatoms. The van der Waals surface area contributed by atoms with Gasteiger partial charge in [-0.05, 0) is 19.1 Å². The fourth-order valence-electron chi connectivity index (χ4n) is 1.56. The number of sulfone groups is 1. The third-order valence-electron chi connectivity index (χ3n) is 3.16. The van der Waals surface area contributed by atoms with Crippen LogP contribution < -0.4 is 10.6 Å². The Kier molecular flexibility index (Phi) is 6.09. The van der Waals surface area contributed by atoms with Crippen LogP contribution >= 0.6 is 11.6 Å². The molecule has 0 fully saturated rings. The zero-order valence-corrected chi connectivity index (χ0v) is 14.5. The molecule has 0 radical (unpaired) electrons. The summed E-state index contributed by atoms with van der Waals surface area (Å²) >= 11 is 5.59. The summed E-state index contributed by atoms with van der Waals surface area (Å²) in [6.45, 7) is 0.217. The van der Waals surface area contributed by atoms with E-state index in [0.29, 0.717) is 0 Å². The molecule has 2 atom stereocenters. The zero-order chi connectivity index (χ0) is 19.6. The highest BCUT2D eigenvalue weighted by Crippen LogP contribution is 2.32. The summed E-state index contributed by atoms with van der Waals surface area (Å²) in [5.74, 6) is -2.96. The van der Waals surface area contributed by atoms with E-state index in [4.69, 9.17) is 11.6 Å². The van der Waals surface area contributed by atoms with Crippen molar-refractivity contribution in [1.82, 2.24) is 5.32 Å². The first kappa shape index (κ1) is 21.2. The Morgan fingerprint density at radius 1 is 1.24 bits per heavy atom. The molecule has 0 saturated carbocycles. The highest BCUT2D eigenvalue weighted by Gasteiger charge is 2.56. The molecule has 0 saturated heterocycles. The number of halogens is 4. The van der Waals surface area contributed by atoms with Gasteiger partial charge in [0.1, 0.15) is 0 Å². The van der Waals surface area contributed by atoms with Gasteiger partial charge >= 0.3 is 6.18 Å². The van der Waals surface area contributed by atoms with Crippen molar-refractivity contribution in [1.29, 1.82) is 0 Å². The molecule has 0 bridgehead atoms. The molecule has 3 N–H and O–H groups in total. The van der Waals surface area contributed by atoms with Crippen molar-refractivity contribution in [3.05, 3.63) is 24.3 Å². The van der Waals surface area contributed by atoms with Gasteiger partial charge < -0.3 is 15.7 Å². The fraction of sp³-hybridized carbons (Fsp3) is 0.385. The Hall–Kier alpha value is -1.85. The van der Waals surface area contributed by atoms with E-state index < -0.39 is 48.7 Å². The first-order chi connectivity index (χ1) is 11.3. The Balaban J connectivity index is 3.31. The van der Waals surface area contributed by atoms with Crippen LogP contribution in [0.25, 0.3) is 0 Å². The third-order valence-corrected chi connectivity index (χ3v) is 5.79. The van der Waals surface area contributed by atoms with Gasteiger partial charge in [-0.2, -0.15) is 13.2 Å². The number of aliphatic hydroxyl groups is 1. The molecule has 1 aromatic rings. The topological polar surface area (TPSA) is 113 Å². The van der Waals surface area contributed by atoms with Crippen LogP contribution in [0.15, 0.2) is 29.2 Å². The van der Waals surface area contributed by atoms with Gasteiger partial charge in [0.15, 0.2) is 0 Å².